The quantitative estimate of drug-likeness (QED) is 0.876. The molecule has 1 aromatic rings. The number of likely N-dealkylation sites (tertiary alicyclic amines) is 1. The number of hydrogen-bond donors (Lipinski definition) is 1. The smallest absolute Gasteiger partial charge is 0.0994 e. The molecule has 1 heterocycles. The molecule has 3 nitrogen and oxygen atoms in total. The van der Waals surface area contributed by atoms with Gasteiger partial charge in [-0.3, -0.25) is 0 Å². The van der Waals surface area contributed by atoms with Gasteiger partial charge in [-0.2, -0.15) is 0 Å². The van der Waals surface area contributed by atoms with E-state index in [0.29, 0.717) is 6.54 Å². The maximum Gasteiger partial charge on any atom is 0.0994 e. The Balaban J connectivity index is 1.89. The summed E-state index contributed by atoms with van der Waals surface area (Å²) in [6.45, 7) is 6.02. The maximum absolute atomic E-state index is 10.6. The summed E-state index contributed by atoms with van der Waals surface area (Å²) in [5.74, 6) is 0.738. The topological polar surface area (TPSA) is 26.7 Å². The average molecular weight is 262 g/mol. The number of benzene rings is 1. The van der Waals surface area contributed by atoms with Crippen LogP contribution in [0.5, 0.6) is 0 Å². The third-order valence-electron chi connectivity index (χ3n) is 4.03. The summed E-state index contributed by atoms with van der Waals surface area (Å²) in [7, 11) is 4.29. The predicted molar refractivity (Wildman–Crippen MR) is 79.1 cm³/mol. The molecular weight excluding hydrogens is 236 g/mol. The fraction of sp³-hybridized carbons (Fsp3) is 0.625. The van der Waals surface area contributed by atoms with Crippen LogP contribution in [0.15, 0.2) is 30.3 Å². The van der Waals surface area contributed by atoms with Crippen molar-refractivity contribution in [1.29, 1.82) is 0 Å². The van der Waals surface area contributed by atoms with Gasteiger partial charge in [0.1, 0.15) is 0 Å². The first-order chi connectivity index (χ1) is 8.97. The predicted octanol–water partition coefficient (Wildman–Crippen LogP) is 1.78. The number of hydrogen-bond acceptors (Lipinski definition) is 3. The average Bonchev–Trinajstić information content (AvgIpc) is 2.75. The molecule has 0 aliphatic carbocycles. The molecule has 1 N–H and O–H groups in total. The van der Waals surface area contributed by atoms with Crippen molar-refractivity contribution in [3.8, 4) is 0 Å². The van der Waals surface area contributed by atoms with Crippen molar-refractivity contribution in [2.24, 2.45) is 5.92 Å². The van der Waals surface area contributed by atoms with Crippen LogP contribution < -0.4 is 0 Å². The highest BCUT2D eigenvalue weighted by Crippen LogP contribution is 2.22. The maximum atomic E-state index is 10.6. The Morgan fingerprint density at radius 3 is 2.63 bits per heavy atom. The first kappa shape index (κ1) is 14.5. The number of likely N-dealkylation sites (N-methyl/N-ethyl adjacent to an activating group) is 1. The Labute approximate surface area is 116 Å². The highest BCUT2D eigenvalue weighted by molar-refractivity contribution is 5.21. The highest BCUT2D eigenvalue weighted by atomic mass is 16.3. The molecule has 0 aromatic heterocycles. The van der Waals surface area contributed by atoms with Crippen LogP contribution in [-0.4, -0.2) is 55.2 Å². The van der Waals surface area contributed by atoms with Crippen molar-refractivity contribution in [3.63, 3.8) is 0 Å². The molecule has 0 spiro atoms. The Kier molecular flexibility index (Phi) is 4.61. The fourth-order valence-corrected chi connectivity index (χ4v) is 3.09. The van der Waals surface area contributed by atoms with Crippen LogP contribution >= 0.6 is 0 Å². The molecule has 19 heavy (non-hydrogen) atoms. The highest BCUT2D eigenvalue weighted by Gasteiger charge is 2.27. The van der Waals surface area contributed by atoms with Crippen molar-refractivity contribution < 1.29 is 5.11 Å². The first-order valence-electron chi connectivity index (χ1n) is 7.12. The van der Waals surface area contributed by atoms with Gasteiger partial charge in [-0.15, -0.1) is 0 Å². The second-order valence-electron chi connectivity index (χ2n) is 6.25. The summed E-state index contributed by atoms with van der Waals surface area (Å²) in [5.41, 5.74) is 0.214. The Bertz CT molecular complexity index is 391. The second kappa shape index (κ2) is 6.04. The summed E-state index contributed by atoms with van der Waals surface area (Å²) in [6, 6.07) is 9.94. The molecule has 0 radical (unpaired) electrons. The SMILES string of the molecule is CN1CCC(CN(C)CC(C)(O)c2ccccc2)C1. The van der Waals surface area contributed by atoms with E-state index in [1.165, 1.54) is 19.5 Å². The van der Waals surface area contributed by atoms with Gasteiger partial charge in [0, 0.05) is 19.6 Å². The van der Waals surface area contributed by atoms with Gasteiger partial charge >= 0.3 is 0 Å². The Morgan fingerprint density at radius 1 is 1.37 bits per heavy atom. The molecule has 106 valence electrons. The van der Waals surface area contributed by atoms with E-state index >= 15 is 0 Å². The molecule has 2 unspecified atom stereocenters. The molecule has 1 aliphatic rings. The summed E-state index contributed by atoms with van der Waals surface area (Å²) in [6.07, 6.45) is 1.27. The van der Waals surface area contributed by atoms with Crippen molar-refractivity contribution in [1.82, 2.24) is 9.80 Å². The van der Waals surface area contributed by atoms with E-state index in [-0.39, 0.29) is 0 Å². The molecule has 1 saturated heterocycles. The van der Waals surface area contributed by atoms with E-state index in [2.05, 4.69) is 23.9 Å². The van der Waals surface area contributed by atoms with E-state index < -0.39 is 5.60 Å². The van der Waals surface area contributed by atoms with Crippen LogP contribution in [0, 0.1) is 5.92 Å². The van der Waals surface area contributed by atoms with E-state index in [0.717, 1.165) is 18.0 Å². The third-order valence-corrected chi connectivity index (χ3v) is 4.03. The van der Waals surface area contributed by atoms with Crippen LogP contribution in [0.2, 0.25) is 0 Å². The molecule has 0 bridgehead atoms. The Morgan fingerprint density at radius 2 is 2.05 bits per heavy atom. The van der Waals surface area contributed by atoms with Crippen molar-refractivity contribution >= 4 is 0 Å². The van der Waals surface area contributed by atoms with E-state index in [1.807, 2.05) is 37.3 Å². The standard InChI is InChI=1S/C16H26N2O/c1-16(19,15-7-5-4-6-8-15)13-18(3)12-14-9-10-17(2)11-14/h4-8,14,19H,9-13H2,1-3H3. The van der Waals surface area contributed by atoms with Gasteiger partial charge in [-0.25, -0.2) is 0 Å². The van der Waals surface area contributed by atoms with E-state index in [4.69, 9.17) is 0 Å². The monoisotopic (exact) mass is 262 g/mol. The minimum Gasteiger partial charge on any atom is -0.384 e. The zero-order valence-electron chi connectivity index (χ0n) is 12.3. The van der Waals surface area contributed by atoms with Gasteiger partial charge in [0.15, 0.2) is 0 Å². The van der Waals surface area contributed by atoms with Crippen LogP contribution in [-0.2, 0) is 5.60 Å². The van der Waals surface area contributed by atoms with Gasteiger partial charge in [0.2, 0.25) is 0 Å². The van der Waals surface area contributed by atoms with Crippen LogP contribution in [0.3, 0.4) is 0 Å². The normalized spacial score (nSPS) is 23.7. The largest absolute Gasteiger partial charge is 0.384 e. The van der Waals surface area contributed by atoms with Gasteiger partial charge < -0.3 is 14.9 Å². The second-order valence-corrected chi connectivity index (χ2v) is 6.25. The molecule has 2 rings (SSSR count). The van der Waals surface area contributed by atoms with Gasteiger partial charge in [-0.1, -0.05) is 30.3 Å². The molecule has 1 aromatic carbocycles. The lowest BCUT2D eigenvalue weighted by molar-refractivity contribution is 0.0199. The van der Waals surface area contributed by atoms with Gasteiger partial charge in [0.05, 0.1) is 5.60 Å². The molecule has 2 atom stereocenters. The molecule has 0 amide bonds. The number of aliphatic hydroxyl groups is 1. The fourth-order valence-electron chi connectivity index (χ4n) is 3.09. The summed E-state index contributed by atoms with van der Waals surface area (Å²) < 4.78 is 0. The molecule has 1 aliphatic heterocycles. The minimum absolute atomic E-state index is 0.678. The third kappa shape index (κ3) is 4.03. The molecule has 0 saturated carbocycles. The van der Waals surface area contributed by atoms with E-state index in [1.54, 1.807) is 0 Å². The first-order valence-corrected chi connectivity index (χ1v) is 7.12. The minimum atomic E-state index is -0.777. The number of nitrogens with zero attached hydrogens (tertiary/aromatic N) is 2. The molecular formula is C16H26N2O. The molecule has 3 heteroatoms. The van der Waals surface area contributed by atoms with Crippen molar-refractivity contribution in [2.45, 2.75) is 18.9 Å². The Hall–Kier alpha value is -0.900. The zero-order chi connectivity index (χ0) is 13.9. The lowest BCUT2D eigenvalue weighted by atomic mass is 9.95. The summed E-state index contributed by atoms with van der Waals surface area (Å²) in [4.78, 5) is 4.64. The van der Waals surface area contributed by atoms with Gasteiger partial charge in [0.25, 0.3) is 0 Å². The van der Waals surface area contributed by atoms with Gasteiger partial charge in [-0.05, 0) is 45.5 Å². The van der Waals surface area contributed by atoms with Crippen molar-refractivity contribution in [3.05, 3.63) is 35.9 Å². The zero-order valence-corrected chi connectivity index (χ0v) is 12.3. The van der Waals surface area contributed by atoms with E-state index in [9.17, 15) is 5.11 Å². The van der Waals surface area contributed by atoms with Crippen LogP contribution in [0.25, 0.3) is 0 Å². The van der Waals surface area contributed by atoms with Crippen molar-refractivity contribution in [2.75, 3.05) is 40.3 Å². The summed E-state index contributed by atoms with van der Waals surface area (Å²) >= 11 is 0. The number of rotatable bonds is 5. The van der Waals surface area contributed by atoms with Crippen LogP contribution in [0.4, 0.5) is 0 Å². The van der Waals surface area contributed by atoms with Crippen LogP contribution in [0.1, 0.15) is 18.9 Å². The lowest BCUT2D eigenvalue weighted by Gasteiger charge is -2.31. The summed E-state index contributed by atoms with van der Waals surface area (Å²) in [5, 5.41) is 10.6. The lowest BCUT2D eigenvalue weighted by Crippen LogP contribution is -2.39. The molecule has 1 fully saturated rings.